The first-order chi connectivity index (χ1) is 3.34. The van der Waals surface area contributed by atoms with Gasteiger partial charge in [0.25, 0.3) is 0 Å². The fourth-order valence-corrected chi connectivity index (χ4v) is 0.749. The lowest BCUT2D eigenvalue weighted by Crippen LogP contribution is -2.36. The van der Waals surface area contributed by atoms with Crippen LogP contribution in [0.4, 0.5) is 0 Å². The molecule has 1 rings (SSSR count). The number of ether oxygens (including phenoxy) is 1. The van der Waals surface area contributed by atoms with Gasteiger partial charge in [0, 0.05) is 5.92 Å². The lowest BCUT2D eigenvalue weighted by Gasteiger charge is -2.32. The monoisotopic (exact) mass is 99.1 g/mol. The van der Waals surface area contributed by atoms with Crippen LogP contribution < -0.4 is 0 Å². The maximum Gasteiger partial charge on any atom is 0.0626 e. The maximum atomic E-state index is 5.02. The van der Waals surface area contributed by atoms with Gasteiger partial charge >= 0.3 is 0 Å². The molecular weight excluding hydrogens is 88.1 g/mol. The molecule has 1 aliphatic heterocycles. The first kappa shape index (κ1) is 5.10. The standard InChI is InChI=1S/C6H11O/c1-3-6-4-7-5(6)2/h5-6H,2-4H2,1H3. The smallest absolute Gasteiger partial charge is 0.0626 e. The molecule has 1 heteroatoms. The van der Waals surface area contributed by atoms with Gasteiger partial charge in [0.1, 0.15) is 0 Å². The summed E-state index contributed by atoms with van der Waals surface area (Å²) in [6, 6.07) is 0. The Morgan fingerprint density at radius 2 is 2.57 bits per heavy atom. The highest BCUT2D eigenvalue weighted by molar-refractivity contribution is 4.78. The molecule has 41 valence electrons. The van der Waals surface area contributed by atoms with Crippen molar-refractivity contribution in [2.24, 2.45) is 5.92 Å². The molecule has 0 aromatic rings. The zero-order chi connectivity index (χ0) is 5.28. The molecule has 0 N–H and O–H groups in total. The van der Waals surface area contributed by atoms with Crippen molar-refractivity contribution >= 4 is 0 Å². The molecule has 1 heterocycles. The van der Waals surface area contributed by atoms with E-state index in [4.69, 9.17) is 4.74 Å². The molecular formula is C6H11O. The summed E-state index contributed by atoms with van der Waals surface area (Å²) in [4.78, 5) is 0. The zero-order valence-corrected chi connectivity index (χ0v) is 4.68. The average molecular weight is 99.2 g/mol. The van der Waals surface area contributed by atoms with E-state index in [1.807, 2.05) is 0 Å². The second-order valence-electron chi connectivity index (χ2n) is 2.04. The minimum atomic E-state index is 0.296. The molecule has 1 fully saturated rings. The fourth-order valence-electron chi connectivity index (χ4n) is 0.749. The molecule has 1 aliphatic rings. The van der Waals surface area contributed by atoms with E-state index >= 15 is 0 Å². The van der Waals surface area contributed by atoms with Crippen molar-refractivity contribution in [1.82, 2.24) is 0 Å². The molecule has 0 aromatic heterocycles. The van der Waals surface area contributed by atoms with Crippen LogP contribution >= 0.6 is 0 Å². The SMILES string of the molecule is [CH2]C1OCC1CC. The molecule has 1 radical (unpaired) electrons. The first-order valence-corrected chi connectivity index (χ1v) is 2.79. The minimum Gasteiger partial charge on any atom is -0.377 e. The van der Waals surface area contributed by atoms with Crippen molar-refractivity contribution in [3.05, 3.63) is 6.92 Å². The van der Waals surface area contributed by atoms with E-state index in [-0.39, 0.29) is 0 Å². The summed E-state index contributed by atoms with van der Waals surface area (Å²) in [5.74, 6) is 0.750. The van der Waals surface area contributed by atoms with Crippen LogP contribution in [0, 0.1) is 12.8 Å². The van der Waals surface area contributed by atoms with Crippen molar-refractivity contribution in [3.8, 4) is 0 Å². The van der Waals surface area contributed by atoms with Crippen molar-refractivity contribution in [1.29, 1.82) is 0 Å². The van der Waals surface area contributed by atoms with Gasteiger partial charge in [0.2, 0.25) is 0 Å². The topological polar surface area (TPSA) is 9.23 Å². The third-order valence-corrected chi connectivity index (χ3v) is 1.57. The predicted octanol–water partition coefficient (Wildman–Crippen LogP) is 1.25. The van der Waals surface area contributed by atoms with Crippen molar-refractivity contribution in [3.63, 3.8) is 0 Å². The summed E-state index contributed by atoms with van der Waals surface area (Å²) >= 11 is 0. The number of rotatable bonds is 1. The van der Waals surface area contributed by atoms with E-state index in [2.05, 4.69) is 13.8 Å². The predicted molar refractivity (Wildman–Crippen MR) is 28.9 cm³/mol. The van der Waals surface area contributed by atoms with Crippen LogP contribution in [0.2, 0.25) is 0 Å². The van der Waals surface area contributed by atoms with Crippen molar-refractivity contribution in [2.75, 3.05) is 6.61 Å². The Kier molecular flexibility index (Phi) is 1.33. The van der Waals surface area contributed by atoms with Gasteiger partial charge in [-0.1, -0.05) is 6.92 Å². The second kappa shape index (κ2) is 1.83. The van der Waals surface area contributed by atoms with E-state index in [0.717, 1.165) is 12.5 Å². The Bertz CT molecular complexity index is 59.2. The van der Waals surface area contributed by atoms with Gasteiger partial charge in [-0.15, -0.1) is 0 Å². The van der Waals surface area contributed by atoms with E-state index in [1.54, 1.807) is 0 Å². The number of hydrogen-bond acceptors (Lipinski definition) is 1. The summed E-state index contributed by atoms with van der Waals surface area (Å²) in [7, 11) is 0. The van der Waals surface area contributed by atoms with Crippen LogP contribution in [0.5, 0.6) is 0 Å². The summed E-state index contributed by atoms with van der Waals surface area (Å²) in [6.45, 7) is 6.88. The quantitative estimate of drug-likeness (QED) is 0.480. The Labute approximate surface area is 44.7 Å². The summed E-state index contributed by atoms with van der Waals surface area (Å²) < 4.78 is 5.02. The van der Waals surface area contributed by atoms with Gasteiger partial charge in [-0.25, -0.2) is 0 Å². The van der Waals surface area contributed by atoms with Gasteiger partial charge in [0.05, 0.1) is 12.7 Å². The minimum absolute atomic E-state index is 0.296. The van der Waals surface area contributed by atoms with Gasteiger partial charge in [-0.2, -0.15) is 0 Å². The molecule has 0 aliphatic carbocycles. The van der Waals surface area contributed by atoms with Crippen LogP contribution in [0.25, 0.3) is 0 Å². The lowest BCUT2D eigenvalue weighted by molar-refractivity contribution is -0.0876. The third kappa shape index (κ3) is 0.778. The van der Waals surface area contributed by atoms with E-state index < -0.39 is 0 Å². The van der Waals surface area contributed by atoms with Gasteiger partial charge < -0.3 is 4.74 Å². The highest BCUT2D eigenvalue weighted by atomic mass is 16.5. The highest BCUT2D eigenvalue weighted by Gasteiger charge is 2.25. The second-order valence-corrected chi connectivity index (χ2v) is 2.04. The Balaban J connectivity index is 2.16. The Hall–Kier alpha value is -0.0400. The van der Waals surface area contributed by atoms with Crippen LogP contribution in [0.15, 0.2) is 0 Å². The first-order valence-electron chi connectivity index (χ1n) is 2.79. The fraction of sp³-hybridized carbons (Fsp3) is 0.833. The molecule has 0 spiro atoms. The number of hydrogen-bond donors (Lipinski definition) is 0. The Morgan fingerprint density at radius 1 is 1.86 bits per heavy atom. The van der Waals surface area contributed by atoms with Crippen LogP contribution in [-0.2, 0) is 4.74 Å². The average Bonchev–Trinajstić information content (AvgIpc) is 1.65. The molecule has 2 atom stereocenters. The van der Waals surface area contributed by atoms with E-state index in [1.165, 1.54) is 6.42 Å². The van der Waals surface area contributed by atoms with Crippen molar-refractivity contribution in [2.45, 2.75) is 19.4 Å². The molecule has 0 bridgehead atoms. The molecule has 1 nitrogen and oxygen atoms in total. The van der Waals surface area contributed by atoms with E-state index in [0.29, 0.717) is 6.10 Å². The molecule has 0 aromatic carbocycles. The van der Waals surface area contributed by atoms with Gasteiger partial charge in [0.15, 0.2) is 0 Å². The normalized spacial score (nSPS) is 40.3. The summed E-state index contributed by atoms with van der Waals surface area (Å²) in [5.41, 5.74) is 0. The Morgan fingerprint density at radius 3 is 2.57 bits per heavy atom. The van der Waals surface area contributed by atoms with Crippen LogP contribution in [0.3, 0.4) is 0 Å². The molecule has 0 saturated carbocycles. The molecule has 7 heavy (non-hydrogen) atoms. The molecule has 0 amide bonds. The van der Waals surface area contributed by atoms with Crippen molar-refractivity contribution < 1.29 is 4.74 Å². The van der Waals surface area contributed by atoms with Gasteiger partial charge in [-0.3, -0.25) is 0 Å². The van der Waals surface area contributed by atoms with E-state index in [9.17, 15) is 0 Å². The molecule has 1 saturated heterocycles. The largest absolute Gasteiger partial charge is 0.377 e. The lowest BCUT2D eigenvalue weighted by atomic mass is 9.97. The summed E-state index contributed by atoms with van der Waals surface area (Å²) in [6.07, 6.45) is 1.51. The van der Waals surface area contributed by atoms with Crippen LogP contribution in [-0.4, -0.2) is 12.7 Å². The van der Waals surface area contributed by atoms with Gasteiger partial charge in [-0.05, 0) is 13.3 Å². The summed E-state index contributed by atoms with van der Waals surface area (Å²) in [5, 5.41) is 0. The van der Waals surface area contributed by atoms with Crippen LogP contribution in [0.1, 0.15) is 13.3 Å². The molecule has 2 unspecified atom stereocenters. The third-order valence-electron chi connectivity index (χ3n) is 1.57. The highest BCUT2D eigenvalue weighted by Crippen LogP contribution is 2.21. The zero-order valence-electron chi connectivity index (χ0n) is 4.68. The maximum absolute atomic E-state index is 5.02.